The number of rotatable bonds is 7. The topological polar surface area (TPSA) is 39.7 Å². The van der Waals surface area contributed by atoms with Gasteiger partial charge in [0.2, 0.25) is 0 Å². The molecule has 5 heteroatoms. The monoisotopic (exact) mass is 300 g/mol. The molecule has 1 aliphatic rings. The molecule has 20 heavy (non-hydrogen) atoms. The van der Waals surface area contributed by atoms with Crippen LogP contribution in [0.4, 0.5) is 0 Å². The highest BCUT2D eigenvalue weighted by molar-refractivity contribution is 7.99. The van der Waals surface area contributed by atoms with Gasteiger partial charge in [0.1, 0.15) is 0 Å². The van der Waals surface area contributed by atoms with Crippen LogP contribution in [0.15, 0.2) is 4.99 Å². The summed E-state index contributed by atoms with van der Waals surface area (Å²) in [5, 5.41) is 7.54. The largest absolute Gasteiger partial charge is 0.357 e. The van der Waals surface area contributed by atoms with Crippen molar-refractivity contribution in [3.05, 3.63) is 0 Å². The maximum absolute atomic E-state index is 4.69. The number of thioether (sulfide) groups is 1. The van der Waals surface area contributed by atoms with E-state index < -0.39 is 0 Å². The third kappa shape index (κ3) is 6.84. The first-order valence-corrected chi connectivity index (χ1v) is 9.28. The lowest BCUT2D eigenvalue weighted by Gasteiger charge is -2.32. The molecular weight excluding hydrogens is 268 g/mol. The van der Waals surface area contributed by atoms with Gasteiger partial charge in [-0.1, -0.05) is 13.8 Å². The molecular formula is C15H32N4S. The minimum absolute atomic E-state index is 0.575. The van der Waals surface area contributed by atoms with Crippen LogP contribution in [0.1, 0.15) is 40.0 Å². The molecule has 1 atom stereocenters. The van der Waals surface area contributed by atoms with Crippen LogP contribution >= 0.6 is 11.8 Å². The van der Waals surface area contributed by atoms with Gasteiger partial charge in [-0.3, -0.25) is 4.99 Å². The number of piperidine rings is 1. The molecule has 1 aliphatic heterocycles. The van der Waals surface area contributed by atoms with E-state index in [0.29, 0.717) is 11.3 Å². The molecule has 1 unspecified atom stereocenters. The minimum atomic E-state index is 0.575. The zero-order valence-electron chi connectivity index (χ0n) is 13.6. The fourth-order valence-corrected chi connectivity index (χ4v) is 2.65. The van der Waals surface area contributed by atoms with Crippen molar-refractivity contribution in [2.75, 3.05) is 39.0 Å². The van der Waals surface area contributed by atoms with E-state index >= 15 is 0 Å². The number of guanidine groups is 1. The molecule has 0 aromatic rings. The van der Waals surface area contributed by atoms with Crippen LogP contribution in [0.3, 0.4) is 0 Å². The molecule has 0 amide bonds. The maximum Gasteiger partial charge on any atom is 0.191 e. The third-order valence-corrected chi connectivity index (χ3v) is 4.68. The molecule has 0 aliphatic carbocycles. The highest BCUT2D eigenvalue weighted by Gasteiger charge is 2.19. The lowest BCUT2D eigenvalue weighted by Crippen LogP contribution is -2.48. The lowest BCUT2D eigenvalue weighted by atomic mass is 10.1. The first-order valence-electron chi connectivity index (χ1n) is 7.99. The Bertz CT molecular complexity index is 275. The van der Waals surface area contributed by atoms with Crippen molar-refractivity contribution in [3.8, 4) is 0 Å². The lowest BCUT2D eigenvalue weighted by molar-refractivity contribution is 0.206. The Kier molecular flexibility index (Phi) is 9.10. The summed E-state index contributed by atoms with van der Waals surface area (Å²) in [5.74, 6) is 0.988. The van der Waals surface area contributed by atoms with Gasteiger partial charge >= 0.3 is 0 Å². The van der Waals surface area contributed by atoms with E-state index in [4.69, 9.17) is 4.99 Å². The van der Waals surface area contributed by atoms with Gasteiger partial charge in [0, 0.05) is 30.9 Å². The Morgan fingerprint density at radius 3 is 2.60 bits per heavy atom. The van der Waals surface area contributed by atoms with Gasteiger partial charge in [0.15, 0.2) is 5.96 Å². The van der Waals surface area contributed by atoms with Crippen LogP contribution in [-0.2, 0) is 0 Å². The Morgan fingerprint density at radius 2 is 2.05 bits per heavy atom. The minimum Gasteiger partial charge on any atom is -0.357 e. The molecule has 0 spiro atoms. The molecule has 4 nitrogen and oxygen atoms in total. The normalized spacial score (nSPS) is 19.9. The van der Waals surface area contributed by atoms with Crippen molar-refractivity contribution in [1.29, 1.82) is 0 Å². The van der Waals surface area contributed by atoms with Crippen molar-refractivity contribution < 1.29 is 0 Å². The molecule has 0 radical (unpaired) electrons. The SMILES string of the molecule is CCCN1CCC(NC(=NCC(C)SC)NCC)CC1. The molecule has 1 saturated heterocycles. The van der Waals surface area contributed by atoms with Crippen molar-refractivity contribution in [1.82, 2.24) is 15.5 Å². The van der Waals surface area contributed by atoms with Crippen molar-refractivity contribution in [2.45, 2.75) is 51.3 Å². The summed E-state index contributed by atoms with van der Waals surface area (Å²) in [4.78, 5) is 7.26. The first kappa shape index (κ1) is 17.6. The van der Waals surface area contributed by atoms with Crippen molar-refractivity contribution >= 4 is 17.7 Å². The second-order valence-corrected chi connectivity index (χ2v) is 6.80. The molecule has 1 fully saturated rings. The summed E-state index contributed by atoms with van der Waals surface area (Å²) in [6.07, 6.45) is 5.85. The second-order valence-electron chi connectivity index (χ2n) is 5.53. The van der Waals surface area contributed by atoms with Gasteiger partial charge in [0.05, 0.1) is 6.54 Å². The number of nitrogens with one attached hydrogen (secondary N) is 2. The molecule has 0 aromatic heterocycles. The summed E-state index contributed by atoms with van der Waals surface area (Å²) >= 11 is 1.87. The van der Waals surface area contributed by atoms with E-state index in [1.807, 2.05) is 11.8 Å². The van der Waals surface area contributed by atoms with Crippen molar-refractivity contribution in [3.63, 3.8) is 0 Å². The molecule has 118 valence electrons. The number of likely N-dealkylation sites (tertiary alicyclic amines) is 1. The smallest absolute Gasteiger partial charge is 0.191 e. The van der Waals surface area contributed by atoms with Gasteiger partial charge in [-0.15, -0.1) is 0 Å². The van der Waals surface area contributed by atoms with Gasteiger partial charge in [-0.25, -0.2) is 0 Å². The number of hydrogen-bond acceptors (Lipinski definition) is 3. The molecule has 2 N–H and O–H groups in total. The Morgan fingerprint density at radius 1 is 1.35 bits per heavy atom. The van der Waals surface area contributed by atoms with Gasteiger partial charge in [0.25, 0.3) is 0 Å². The quantitative estimate of drug-likeness (QED) is 0.558. The van der Waals surface area contributed by atoms with Crippen molar-refractivity contribution in [2.24, 2.45) is 4.99 Å². The van der Waals surface area contributed by atoms with Gasteiger partial charge < -0.3 is 15.5 Å². The van der Waals surface area contributed by atoms with Crippen LogP contribution < -0.4 is 10.6 Å². The van der Waals surface area contributed by atoms with E-state index in [-0.39, 0.29) is 0 Å². The number of nitrogens with zero attached hydrogens (tertiary/aromatic N) is 2. The van der Waals surface area contributed by atoms with Gasteiger partial charge in [-0.2, -0.15) is 11.8 Å². The van der Waals surface area contributed by atoms with E-state index in [9.17, 15) is 0 Å². The van der Waals surface area contributed by atoms with Crippen LogP contribution in [0, 0.1) is 0 Å². The average Bonchev–Trinajstić information content (AvgIpc) is 2.47. The molecule has 1 heterocycles. The van der Waals surface area contributed by atoms with E-state index in [1.165, 1.54) is 38.9 Å². The standard InChI is InChI=1S/C15H32N4S/c1-5-9-19-10-7-14(8-11-19)18-15(16-6-2)17-12-13(3)20-4/h13-14H,5-12H2,1-4H3,(H2,16,17,18). The summed E-state index contributed by atoms with van der Waals surface area (Å²) in [5.41, 5.74) is 0. The highest BCUT2D eigenvalue weighted by Crippen LogP contribution is 2.10. The zero-order valence-corrected chi connectivity index (χ0v) is 14.4. The molecule has 0 aromatic carbocycles. The Labute approximate surface area is 129 Å². The van der Waals surface area contributed by atoms with Crippen LogP contribution in [0.2, 0.25) is 0 Å². The van der Waals surface area contributed by atoms with Gasteiger partial charge in [-0.05, 0) is 39.0 Å². The number of hydrogen-bond donors (Lipinski definition) is 2. The maximum atomic E-state index is 4.69. The number of aliphatic imine (C=N–C) groups is 1. The summed E-state index contributed by atoms with van der Waals surface area (Å²) in [6.45, 7) is 12.1. The second kappa shape index (κ2) is 10.3. The molecule has 0 bridgehead atoms. The fraction of sp³-hybridized carbons (Fsp3) is 0.933. The van der Waals surface area contributed by atoms with E-state index in [2.05, 4.69) is 42.6 Å². The first-order chi connectivity index (χ1) is 9.69. The summed E-state index contributed by atoms with van der Waals surface area (Å²) in [6, 6.07) is 0.575. The van der Waals surface area contributed by atoms with Crippen LogP contribution in [0.25, 0.3) is 0 Å². The third-order valence-electron chi connectivity index (χ3n) is 3.72. The van der Waals surface area contributed by atoms with Crippen LogP contribution in [0.5, 0.6) is 0 Å². The Balaban J connectivity index is 2.38. The predicted octanol–water partition coefficient (Wildman–Crippen LogP) is 2.17. The van der Waals surface area contributed by atoms with E-state index in [1.54, 1.807) is 0 Å². The summed E-state index contributed by atoms with van der Waals surface area (Å²) in [7, 11) is 0. The zero-order chi connectivity index (χ0) is 14.8. The average molecular weight is 301 g/mol. The van der Waals surface area contributed by atoms with Crippen LogP contribution in [-0.4, -0.2) is 61.1 Å². The van der Waals surface area contributed by atoms with E-state index in [0.717, 1.165) is 19.0 Å². The highest BCUT2D eigenvalue weighted by atomic mass is 32.2. The summed E-state index contributed by atoms with van der Waals surface area (Å²) < 4.78 is 0. The molecule has 0 saturated carbocycles. The predicted molar refractivity (Wildman–Crippen MR) is 91.8 cm³/mol. The molecule has 1 rings (SSSR count). The fourth-order valence-electron chi connectivity index (χ4n) is 2.42. The Hall–Kier alpha value is -0.420.